The maximum atomic E-state index is 11.8. The van der Waals surface area contributed by atoms with Gasteiger partial charge in [-0.1, -0.05) is 22.9 Å². The molecule has 4 nitrogen and oxygen atoms in total. The molecule has 21 heavy (non-hydrogen) atoms. The number of nitrogens with one attached hydrogen (secondary N) is 1. The molecule has 114 valence electrons. The summed E-state index contributed by atoms with van der Waals surface area (Å²) in [6, 6.07) is 5.94. The van der Waals surface area contributed by atoms with Crippen molar-refractivity contribution >= 4 is 44.5 Å². The van der Waals surface area contributed by atoms with Gasteiger partial charge in [-0.3, -0.25) is 4.79 Å². The van der Waals surface area contributed by atoms with Crippen molar-refractivity contribution in [2.75, 3.05) is 6.54 Å². The lowest BCUT2D eigenvalue weighted by Gasteiger charge is -2.10. The second-order valence-electron chi connectivity index (χ2n) is 4.97. The molecule has 6 heteroatoms. The molecule has 0 saturated heterocycles. The smallest absolute Gasteiger partial charge is 0.221 e. The van der Waals surface area contributed by atoms with Gasteiger partial charge in [0.2, 0.25) is 5.91 Å². The fourth-order valence-electron chi connectivity index (χ4n) is 2.23. The molecule has 1 aromatic carbocycles. The van der Waals surface area contributed by atoms with Gasteiger partial charge in [0, 0.05) is 24.0 Å². The monoisotopic (exact) mass is 371 g/mol. The number of carbonyl (C=O) groups is 1. The van der Waals surface area contributed by atoms with Crippen LogP contribution >= 0.6 is 27.5 Å². The average molecular weight is 373 g/mol. The lowest BCUT2D eigenvalue weighted by Crippen LogP contribution is -2.25. The van der Waals surface area contributed by atoms with Crippen molar-refractivity contribution in [3.05, 3.63) is 28.5 Å². The number of alkyl halides is 1. The molecular formula is C15H19BrClN3O. The molecule has 0 spiro atoms. The van der Waals surface area contributed by atoms with Gasteiger partial charge >= 0.3 is 0 Å². The van der Waals surface area contributed by atoms with Crippen LogP contribution in [-0.2, 0) is 11.3 Å². The normalized spacial score (nSPS) is 12.6. The number of fused-ring (bicyclic) bond motifs is 1. The first-order chi connectivity index (χ1) is 10.0. The Bertz CT molecular complexity index is 639. The third-order valence-electron chi connectivity index (χ3n) is 3.23. The van der Waals surface area contributed by atoms with Crippen molar-refractivity contribution in [1.82, 2.24) is 14.9 Å². The van der Waals surface area contributed by atoms with Gasteiger partial charge < -0.3 is 9.88 Å². The van der Waals surface area contributed by atoms with E-state index in [1.807, 2.05) is 36.6 Å². The second-order valence-corrected chi connectivity index (χ2v) is 6.54. The van der Waals surface area contributed by atoms with Gasteiger partial charge in [-0.25, -0.2) is 4.98 Å². The van der Waals surface area contributed by atoms with Gasteiger partial charge in [-0.2, -0.15) is 0 Å². The SMILES string of the molecule is CCCNC(=O)CCn1c(C(C)Cl)nc2cc(Br)ccc21. The van der Waals surface area contributed by atoms with E-state index in [1.54, 1.807) is 0 Å². The Hall–Kier alpha value is -1.07. The van der Waals surface area contributed by atoms with E-state index in [4.69, 9.17) is 11.6 Å². The molecule has 0 bridgehead atoms. The zero-order valence-electron chi connectivity index (χ0n) is 12.2. The Balaban J connectivity index is 2.24. The first-order valence-electron chi connectivity index (χ1n) is 7.09. The Morgan fingerprint density at radius 3 is 2.95 bits per heavy atom. The molecule has 2 aromatic rings. The number of carbonyl (C=O) groups excluding carboxylic acids is 1. The molecule has 0 aliphatic heterocycles. The summed E-state index contributed by atoms with van der Waals surface area (Å²) in [6.07, 6.45) is 1.37. The van der Waals surface area contributed by atoms with E-state index in [0.29, 0.717) is 13.0 Å². The Kier molecular flexibility index (Phi) is 5.65. The highest BCUT2D eigenvalue weighted by Crippen LogP contribution is 2.26. The summed E-state index contributed by atoms with van der Waals surface area (Å²) in [5, 5.41) is 2.69. The predicted octanol–water partition coefficient (Wildman–Crippen LogP) is 4.01. The molecule has 2 rings (SSSR count). The predicted molar refractivity (Wildman–Crippen MR) is 89.6 cm³/mol. The number of hydrogen-bond donors (Lipinski definition) is 1. The fraction of sp³-hybridized carbons (Fsp3) is 0.467. The molecule has 0 saturated carbocycles. The number of nitrogens with zero attached hydrogens (tertiary/aromatic N) is 2. The van der Waals surface area contributed by atoms with E-state index in [1.165, 1.54) is 0 Å². The number of hydrogen-bond acceptors (Lipinski definition) is 2. The van der Waals surface area contributed by atoms with Crippen molar-refractivity contribution in [3.63, 3.8) is 0 Å². The van der Waals surface area contributed by atoms with Crippen LogP contribution in [0.15, 0.2) is 22.7 Å². The third kappa shape index (κ3) is 3.98. The lowest BCUT2D eigenvalue weighted by molar-refractivity contribution is -0.121. The minimum Gasteiger partial charge on any atom is -0.356 e. The van der Waals surface area contributed by atoms with Gasteiger partial charge in [0.1, 0.15) is 5.82 Å². The van der Waals surface area contributed by atoms with Gasteiger partial charge in [0.05, 0.1) is 16.4 Å². The Labute approximate surface area is 138 Å². The zero-order valence-corrected chi connectivity index (χ0v) is 14.5. The molecular weight excluding hydrogens is 354 g/mol. The summed E-state index contributed by atoms with van der Waals surface area (Å²) < 4.78 is 3.01. The van der Waals surface area contributed by atoms with Gasteiger partial charge in [-0.15, -0.1) is 11.6 Å². The zero-order chi connectivity index (χ0) is 15.4. The van der Waals surface area contributed by atoms with Gasteiger partial charge in [-0.05, 0) is 31.5 Å². The van der Waals surface area contributed by atoms with Crippen LogP contribution in [0.4, 0.5) is 0 Å². The van der Waals surface area contributed by atoms with Gasteiger partial charge in [0.15, 0.2) is 0 Å². The average Bonchev–Trinajstić information content (AvgIpc) is 2.80. The topological polar surface area (TPSA) is 46.9 Å². The number of rotatable bonds is 6. The highest BCUT2D eigenvalue weighted by atomic mass is 79.9. The van der Waals surface area contributed by atoms with Crippen LogP contribution in [0.2, 0.25) is 0 Å². The van der Waals surface area contributed by atoms with E-state index >= 15 is 0 Å². The molecule has 0 aliphatic rings. The van der Waals surface area contributed by atoms with Crippen LogP contribution in [0.25, 0.3) is 11.0 Å². The number of imidazole rings is 1. The van der Waals surface area contributed by atoms with Crippen molar-refractivity contribution < 1.29 is 4.79 Å². The highest BCUT2D eigenvalue weighted by molar-refractivity contribution is 9.10. The molecule has 0 aliphatic carbocycles. The minimum absolute atomic E-state index is 0.0592. The molecule has 0 fully saturated rings. The summed E-state index contributed by atoms with van der Waals surface area (Å²) in [6.45, 7) is 5.23. The number of aromatic nitrogens is 2. The quantitative estimate of drug-likeness (QED) is 0.779. The number of halogens is 2. The van der Waals surface area contributed by atoms with Crippen LogP contribution in [0.3, 0.4) is 0 Å². The van der Waals surface area contributed by atoms with Crippen molar-refractivity contribution in [2.45, 2.75) is 38.6 Å². The maximum Gasteiger partial charge on any atom is 0.221 e. The molecule has 0 radical (unpaired) electrons. The van der Waals surface area contributed by atoms with E-state index in [0.717, 1.165) is 34.3 Å². The first-order valence-corrected chi connectivity index (χ1v) is 8.32. The Morgan fingerprint density at radius 2 is 2.29 bits per heavy atom. The summed E-state index contributed by atoms with van der Waals surface area (Å²) in [5.41, 5.74) is 1.89. The third-order valence-corrected chi connectivity index (χ3v) is 3.92. The second kappa shape index (κ2) is 7.27. The highest BCUT2D eigenvalue weighted by Gasteiger charge is 2.15. The van der Waals surface area contributed by atoms with Gasteiger partial charge in [0.25, 0.3) is 0 Å². The van der Waals surface area contributed by atoms with Crippen molar-refractivity contribution in [2.24, 2.45) is 0 Å². The molecule has 1 unspecified atom stereocenters. The van der Waals surface area contributed by atoms with Crippen LogP contribution < -0.4 is 5.32 Å². The Morgan fingerprint density at radius 1 is 1.52 bits per heavy atom. The molecule has 1 atom stereocenters. The fourth-order valence-corrected chi connectivity index (χ4v) is 2.74. The van der Waals surface area contributed by atoms with Crippen molar-refractivity contribution in [3.8, 4) is 0 Å². The van der Waals surface area contributed by atoms with E-state index < -0.39 is 0 Å². The molecule has 1 amide bonds. The van der Waals surface area contributed by atoms with Crippen LogP contribution in [0.1, 0.15) is 37.9 Å². The van der Waals surface area contributed by atoms with Crippen LogP contribution in [0, 0.1) is 0 Å². The summed E-state index contributed by atoms with van der Waals surface area (Å²) in [5.74, 6) is 0.858. The van der Waals surface area contributed by atoms with E-state index in [9.17, 15) is 4.79 Å². The van der Waals surface area contributed by atoms with E-state index in [2.05, 4.69) is 26.2 Å². The minimum atomic E-state index is -0.199. The number of amides is 1. The summed E-state index contributed by atoms with van der Waals surface area (Å²) >= 11 is 9.67. The standard InChI is InChI=1S/C15H19BrClN3O/c1-3-7-18-14(21)6-8-20-13-5-4-11(16)9-12(13)19-15(20)10(2)17/h4-5,9-10H,3,6-8H2,1-2H3,(H,18,21). The molecule has 1 heterocycles. The summed E-state index contributed by atoms with van der Waals surface area (Å²) in [7, 11) is 0. The lowest BCUT2D eigenvalue weighted by atomic mass is 10.3. The van der Waals surface area contributed by atoms with Crippen molar-refractivity contribution in [1.29, 1.82) is 0 Å². The first kappa shape index (κ1) is 16.3. The van der Waals surface area contributed by atoms with Crippen LogP contribution in [0.5, 0.6) is 0 Å². The number of aryl methyl sites for hydroxylation is 1. The largest absolute Gasteiger partial charge is 0.356 e. The molecule has 1 aromatic heterocycles. The van der Waals surface area contributed by atoms with E-state index in [-0.39, 0.29) is 11.3 Å². The van der Waals surface area contributed by atoms with Crippen LogP contribution in [-0.4, -0.2) is 22.0 Å². The number of benzene rings is 1. The molecule has 1 N–H and O–H groups in total. The maximum absolute atomic E-state index is 11.8. The summed E-state index contributed by atoms with van der Waals surface area (Å²) in [4.78, 5) is 16.4.